The van der Waals surface area contributed by atoms with E-state index in [0.29, 0.717) is 22.0 Å². The molecule has 0 radical (unpaired) electrons. The molecule has 1 aromatic carbocycles. The van der Waals surface area contributed by atoms with Crippen LogP contribution in [-0.2, 0) is 4.74 Å². The number of Topliss-reactive ketones (excluding diaryl/α,β-unsaturated/α-hetero) is 1. The number of aromatic amines is 1. The first-order valence-corrected chi connectivity index (χ1v) is 7.33. The molecule has 0 saturated heterocycles. The Morgan fingerprint density at radius 1 is 1.26 bits per heavy atom. The van der Waals surface area contributed by atoms with E-state index in [1.165, 1.54) is 0 Å². The first-order chi connectivity index (χ1) is 11.0. The van der Waals surface area contributed by atoms with E-state index >= 15 is 0 Å². The van der Waals surface area contributed by atoms with E-state index in [4.69, 9.17) is 16.3 Å². The van der Waals surface area contributed by atoms with Crippen molar-refractivity contribution in [3.63, 3.8) is 0 Å². The second kappa shape index (κ2) is 6.22. The lowest BCUT2D eigenvalue weighted by molar-refractivity contribution is 0.0472. The zero-order chi connectivity index (χ0) is 16.4. The van der Waals surface area contributed by atoms with Gasteiger partial charge < -0.3 is 9.72 Å². The molecule has 23 heavy (non-hydrogen) atoms. The molecule has 0 aliphatic carbocycles. The molecular weight excluding hydrogens is 316 g/mol. The molecule has 0 aliphatic rings. The number of ketones is 1. The van der Waals surface area contributed by atoms with E-state index in [0.717, 1.165) is 10.9 Å². The number of halogens is 1. The number of carbonyl (C=O) groups excluding carboxylic acids is 2. The summed E-state index contributed by atoms with van der Waals surface area (Å²) in [5, 5.41) is 1.30. The molecule has 0 fully saturated rings. The van der Waals surface area contributed by atoms with Crippen LogP contribution in [0.4, 0.5) is 0 Å². The molecule has 0 unspecified atom stereocenters. The van der Waals surface area contributed by atoms with E-state index in [9.17, 15) is 9.59 Å². The minimum Gasteiger partial charge on any atom is -0.454 e. The van der Waals surface area contributed by atoms with Gasteiger partial charge in [0.2, 0.25) is 5.78 Å². The molecule has 0 bridgehead atoms. The van der Waals surface area contributed by atoms with Crippen molar-refractivity contribution in [3.05, 3.63) is 64.6 Å². The predicted molar refractivity (Wildman–Crippen MR) is 86.9 cm³/mol. The highest BCUT2D eigenvalue weighted by atomic mass is 35.5. The van der Waals surface area contributed by atoms with Crippen molar-refractivity contribution < 1.29 is 14.3 Å². The summed E-state index contributed by atoms with van der Waals surface area (Å²) in [5.74, 6) is -0.880. The lowest BCUT2D eigenvalue weighted by atomic mass is 10.1. The molecule has 0 spiro atoms. The van der Waals surface area contributed by atoms with Crippen molar-refractivity contribution >= 4 is 34.3 Å². The first-order valence-electron chi connectivity index (χ1n) is 6.95. The fraction of sp³-hybridized carbons (Fsp3) is 0.118. The lowest BCUT2D eigenvalue weighted by Gasteiger charge is -2.08. The smallest absolute Gasteiger partial charge is 0.340 e. The zero-order valence-corrected chi connectivity index (χ0v) is 13.1. The molecule has 0 amide bonds. The molecule has 5 nitrogen and oxygen atoms in total. The Morgan fingerprint density at radius 3 is 2.83 bits per heavy atom. The number of pyridine rings is 1. The van der Waals surface area contributed by atoms with Crippen molar-refractivity contribution in [2.45, 2.75) is 6.92 Å². The second-order valence-corrected chi connectivity index (χ2v) is 5.48. The van der Waals surface area contributed by atoms with Gasteiger partial charge in [0.15, 0.2) is 6.61 Å². The maximum absolute atomic E-state index is 12.2. The van der Waals surface area contributed by atoms with Gasteiger partial charge in [-0.05, 0) is 43.3 Å². The number of rotatable bonds is 4. The van der Waals surface area contributed by atoms with E-state index in [1.807, 2.05) is 0 Å². The predicted octanol–water partition coefficient (Wildman–Crippen LogP) is 3.56. The van der Waals surface area contributed by atoms with Crippen molar-refractivity contribution in [1.29, 1.82) is 0 Å². The Kier molecular flexibility index (Phi) is 4.12. The summed E-state index contributed by atoms with van der Waals surface area (Å²) >= 11 is 5.96. The second-order valence-electron chi connectivity index (χ2n) is 5.04. The van der Waals surface area contributed by atoms with Crippen LogP contribution in [0.3, 0.4) is 0 Å². The number of aromatic nitrogens is 2. The van der Waals surface area contributed by atoms with Crippen LogP contribution in [0, 0.1) is 6.92 Å². The molecule has 2 heterocycles. The number of aryl methyl sites for hydroxylation is 1. The summed E-state index contributed by atoms with van der Waals surface area (Å²) < 4.78 is 5.09. The Balaban J connectivity index is 1.80. The number of esters is 1. The third kappa shape index (κ3) is 3.24. The summed E-state index contributed by atoms with van der Waals surface area (Å²) in [5.41, 5.74) is 2.00. The van der Waals surface area contributed by atoms with E-state index in [2.05, 4.69) is 9.97 Å². The maximum atomic E-state index is 12.2. The number of ether oxygens (including phenoxy) is 1. The number of benzene rings is 1. The van der Waals surface area contributed by atoms with Gasteiger partial charge in [-0.1, -0.05) is 11.6 Å². The van der Waals surface area contributed by atoms with Crippen LogP contribution in [0.15, 0.2) is 42.6 Å². The number of H-pyrrole nitrogens is 1. The van der Waals surface area contributed by atoms with Crippen molar-refractivity contribution in [2.24, 2.45) is 0 Å². The van der Waals surface area contributed by atoms with Crippen molar-refractivity contribution in [1.82, 2.24) is 9.97 Å². The van der Waals surface area contributed by atoms with Gasteiger partial charge in [-0.15, -0.1) is 0 Å². The van der Waals surface area contributed by atoms with Crippen LogP contribution in [0.1, 0.15) is 26.5 Å². The molecule has 1 N–H and O–H groups in total. The quantitative estimate of drug-likeness (QED) is 0.587. The monoisotopic (exact) mass is 328 g/mol. The largest absolute Gasteiger partial charge is 0.454 e. The van der Waals surface area contributed by atoms with Crippen molar-refractivity contribution in [2.75, 3.05) is 6.61 Å². The molecule has 6 heteroatoms. The number of hydrogen-bond donors (Lipinski definition) is 1. The third-order valence-corrected chi connectivity index (χ3v) is 3.66. The summed E-state index contributed by atoms with van der Waals surface area (Å²) in [6.45, 7) is 1.39. The highest BCUT2D eigenvalue weighted by Crippen LogP contribution is 2.21. The van der Waals surface area contributed by atoms with Gasteiger partial charge in [0.1, 0.15) is 0 Å². The Labute approximate surface area is 137 Å². The van der Waals surface area contributed by atoms with Gasteiger partial charge in [0.05, 0.1) is 22.5 Å². The topological polar surface area (TPSA) is 72.0 Å². The fourth-order valence-electron chi connectivity index (χ4n) is 2.24. The van der Waals surface area contributed by atoms with E-state index < -0.39 is 5.97 Å². The summed E-state index contributed by atoms with van der Waals surface area (Å²) in [7, 11) is 0. The first kappa shape index (κ1) is 15.2. The van der Waals surface area contributed by atoms with Gasteiger partial charge in [0, 0.05) is 16.6 Å². The number of fused-ring (bicyclic) bond motifs is 1. The van der Waals surface area contributed by atoms with E-state index in [1.54, 1.807) is 49.5 Å². The van der Waals surface area contributed by atoms with Gasteiger partial charge >= 0.3 is 5.97 Å². The Bertz CT molecular complexity index is 888. The molecule has 2 aromatic heterocycles. The van der Waals surface area contributed by atoms with Crippen LogP contribution in [0.25, 0.3) is 10.9 Å². The van der Waals surface area contributed by atoms with Gasteiger partial charge in [0.25, 0.3) is 0 Å². The molecular formula is C17H13ClN2O3. The minimum atomic E-state index is -0.586. The standard InChI is InChI=1S/C17H13ClN2O3/c1-10-13(8-11-7-12(18)4-5-14(11)20-10)17(22)23-9-16(21)15-3-2-6-19-15/h2-8,19H,9H2,1H3. The van der Waals surface area contributed by atoms with Crippen LogP contribution in [0.5, 0.6) is 0 Å². The fourth-order valence-corrected chi connectivity index (χ4v) is 2.42. The maximum Gasteiger partial charge on any atom is 0.340 e. The van der Waals surface area contributed by atoms with Gasteiger partial charge in [-0.25, -0.2) is 4.79 Å². The number of carbonyl (C=O) groups is 2. The molecule has 3 aromatic rings. The average molecular weight is 329 g/mol. The third-order valence-electron chi connectivity index (χ3n) is 3.42. The van der Waals surface area contributed by atoms with Crippen LogP contribution in [-0.4, -0.2) is 28.3 Å². The van der Waals surface area contributed by atoms with Crippen LogP contribution >= 0.6 is 11.6 Å². The van der Waals surface area contributed by atoms with E-state index in [-0.39, 0.29) is 12.4 Å². The minimum absolute atomic E-state index is 0.294. The van der Waals surface area contributed by atoms with Gasteiger partial charge in [-0.2, -0.15) is 0 Å². The summed E-state index contributed by atoms with van der Waals surface area (Å²) in [6.07, 6.45) is 1.64. The number of nitrogens with one attached hydrogen (secondary N) is 1. The summed E-state index contributed by atoms with van der Waals surface area (Å²) in [4.78, 5) is 31.2. The molecule has 116 valence electrons. The molecule has 0 aliphatic heterocycles. The SMILES string of the molecule is Cc1nc2ccc(Cl)cc2cc1C(=O)OCC(=O)c1ccc[nH]1. The highest BCUT2D eigenvalue weighted by molar-refractivity contribution is 6.31. The molecule has 0 saturated carbocycles. The van der Waals surface area contributed by atoms with Crippen LogP contribution in [0.2, 0.25) is 5.02 Å². The van der Waals surface area contributed by atoms with Crippen LogP contribution < -0.4 is 0 Å². The number of hydrogen-bond acceptors (Lipinski definition) is 4. The Hall–Kier alpha value is -2.66. The Morgan fingerprint density at radius 2 is 2.09 bits per heavy atom. The number of nitrogens with zero attached hydrogens (tertiary/aromatic N) is 1. The zero-order valence-electron chi connectivity index (χ0n) is 12.3. The summed E-state index contributed by atoms with van der Waals surface area (Å²) in [6, 6.07) is 10.3. The molecule has 3 rings (SSSR count). The normalized spacial score (nSPS) is 10.7. The van der Waals surface area contributed by atoms with Gasteiger partial charge in [-0.3, -0.25) is 9.78 Å². The average Bonchev–Trinajstić information content (AvgIpc) is 3.06. The lowest BCUT2D eigenvalue weighted by Crippen LogP contribution is -2.15. The van der Waals surface area contributed by atoms with Crippen molar-refractivity contribution in [3.8, 4) is 0 Å². The highest BCUT2D eigenvalue weighted by Gasteiger charge is 2.16. The molecule has 0 atom stereocenters.